The first-order valence-corrected chi connectivity index (χ1v) is 8.39. The summed E-state index contributed by atoms with van der Waals surface area (Å²) < 4.78 is 34.1. The lowest BCUT2D eigenvalue weighted by Gasteiger charge is -2.12. The molecular formula is C14H21NO4S. The van der Waals surface area contributed by atoms with Gasteiger partial charge in [-0.3, -0.25) is 0 Å². The van der Waals surface area contributed by atoms with Gasteiger partial charge < -0.3 is 9.47 Å². The van der Waals surface area contributed by atoms with E-state index in [-0.39, 0.29) is 4.90 Å². The van der Waals surface area contributed by atoms with Crippen LogP contribution in [0.4, 0.5) is 0 Å². The van der Waals surface area contributed by atoms with Gasteiger partial charge in [0.05, 0.1) is 12.7 Å². The van der Waals surface area contributed by atoms with E-state index < -0.39 is 10.0 Å². The topological polar surface area (TPSA) is 78.6 Å². The van der Waals surface area contributed by atoms with Crippen LogP contribution in [-0.2, 0) is 14.8 Å². The highest BCUT2D eigenvalue weighted by Crippen LogP contribution is 2.24. The largest absolute Gasteiger partial charge is 0.492 e. The van der Waals surface area contributed by atoms with Gasteiger partial charge in [0.2, 0.25) is 10.0 Å². The summed E-state index contributed by atoms with van der Waals surface area (Å²) in [5.74, 6) is 0.324. The number of primary sulfonamides is 1. The molecule has 5 nitrogen and oxygen atoms in total. The van der Waals surface area contributed by atoms with E-state index in [0.717, 1.165) is 37.9 Å². The minimum atomic E-state index is -3.76. The Morgan fingerprint density at radius 1 is 1.45 bits per heavy atom. The van der Waals surface area contributed by atoms with Crippen LogP contribution in [0.25, 0.3) is 0 Å². The normalized spacial score (nSPS) is 19.2. The van der Waals surface area contributed by atoms with Gasteiger partial charge in [-0.1, -0.05) is 6.07 Å². The summed E-state index contributed by atoms with van der Waals surface area (Å²) in [6.07, 6.45) is 4.33. The SMILES string of the molecule is Cc1ccc(OCCCC2CCCO2)c(S(N)(=O)=O)c1. The molecular weight excluding hydrogens is 278 g/mol. The Morgan fingerprint density at radius 2 is 2.25 bits per heavy atom. The van der Waals surface area contributed by atoms with E-state index in [1.165, 1.54) is 6.07 Å². The fourth-order valence-corrected chi connectivity index (χ4v) is 3.08. The van der Waals surface area contributed by atoms with Gasteiger partial charge in [0.25, 0.3) is 0 Å². The second kappa shape index (κ2) is 6.56. The van der Waals surface area contributed by atoms with Crippen LogP contribution in [0.3, 0.4) is 0 Å². The predicted molar refractivity (Wildman–Crippen MR) is 76.3 cm³/mol. The molecule has 20 heavy (non-hydrogen) atoms. The van der Waals surface area contributed by atoms with Crippen molar-refractivity contribution in [1.82, 2.24) is 0 Å². The Kier molecular flexibility index (Phi) is 5.01. The van der Waals surface area contributed by atoms with Crippen LogP contribution in [0.15, 0.2) is 23.1 Å². The minimum absolute atomic E-state index is 0.0506. The van der Waals surface area contributed by atoms with Crippen LogP contribution >= 0.6 is 0 Å². The van der Waals surface area contributed by atoms with Crippen molar-refractivity contribution in [3.05, 3.63) is 23.8 Å². The van der Waals surface area contributed by atoms with E-state index in [1.54, 1.807) is 6.07 Å². The lowest BCUT2D eigenvalue weighted by Crippen LogP contribution is -2.15. The molecule has 0 bridgehead atoms. The van der Waals surface area contributed by atoms with Crippen LogP contribution in [0.5, 0.6) is 5.75 Å². The van der Waals surface area contributed by atoms with Crippen molar-refractivity contribution in [2.24, 2.45) is 5.14 Å². The fraction of sp³-hybridized carbons (Fsp3) is 0.571. The monoisotopic (exact) mass is 299 g/mol. The second-order valence-electron chi connectivity index (χ2n) is 5.12. The molecule has 1 heterocycles. The van der Waals surface area contributed by atoms with Crippen LogP contribution in [0, 0.1) is 6.92 Å². The molecule has 0 saturated carbocycles. The maximum Gasteiger partial charge on any atom is 0.241 e. The van der Waals surface area contributed by atoms with Gasteiger partial charge in [0, 0.05) is 6.61 Å². The Bertz CT molecular complexity index is 550. The van der Waals surface area contributed by atoms with Crippen LogP contribution in [-0.4, -0.2) is 27.7 Å². The van der Waals surface area contributed by atoms with E-state index >= 15 is 0 Å². The third kappa shape index (κ3) is 4.19. The van der Waals surface area contributed by atoms with E-state index in [1.807, 2.05) is 13.0 Å². The number of aryl methyl sites for hydroxylation is 1. The third-order valence-electron chi connectivity index (χ3n) is 3.36. The molecule has 0 aliphatic carbocycles. The molecule has 1 aromatic rings. The van der Waals surface area contributed by atoms with Crippen molar-refractivity contribution in [2.45, 2.75) is 43.6 Å². The van der Waals surface area contributed by atoms with E-state index in [4.69, 9.17) is 14.6 Å². The molecule has 1 aromatic carbocycles. The van der Waals surface area contributed by atoms with Crippen molar-refractivity contribution in [3.63, 3.8) is 0 Å². The minimum Gasteiger partial charge on any atom is -0.492 e. The molecule has 1 saturated heterocycles. The lowest BCUT2D eigenvalue weighted by molar-refractivity contribution is 0.0980. The summed E-state index contributed by atoms with van der Waals surface area (Å²) in [7, 11) is -3.76. The molecule has 0 spiro atoms. The lowest BCUT2D eigenvalue weighted by atomic mass is 10.1. The molecule has 1 fully saturated rings. The smallest absolute Gasteiger partial charge is 0.241 e. The zero-order chi connectivity index (χ0) is 14.6. The van der Waals surface area contributed by atoms with E-state index in [2.05, 4.69) is 0 Å². The highest BCUT2D eigenvalue weighted by molar-refractivity contribution is 7.89. The highest BCUT2D eigenvalue weighted by atomic mass is 32.2. The predicted octanol–water partition coefficient (Wildman–Crippen LogP) is 1.98. The van der Waals surface area contributed by atoms with Crippen molar-refractivity contribution < 1.29 is 17.9 Å². The molecule has 112 valence electrons. The van der Waals surface area contributed by atoms with E-state index in [9.17, 15) is 8.42 Å². The van der Waals surface area contributed by atoms with E-state index in [0.29, 0.717) is 18.5 Å². The summed E-state index contributed by atoms with van der Waals surface area (Å²) in [5, 5.41) is 5.20. The summed E-state index contributed by atoms with van der Waals surface area (Å²) in [5.41, 5.74) is 0.834. The molecule has 1 atom stereocenters. The first kappa shape index (κ1) is 15.3. The van der Waals surface area contributed by atoms with Gasteiger partial charge in [-0.15, -0.1) is 0 Å². The third-order valence-corrected chi connectivity index (χ3v) is 4.29. The number of sulfonamides is 1. The molecule has 2 rings (SSSR count). The summed E-state index contributed by atoms with van der Waals surface area (Å²) in [6, 6.07) is 5.00. The number of ether oxygens (including phenoxy) is 2. The molecule has 2 N–H and O–H groups in total. The average molecular weight is 299 g/mol. The standard InChI is InChI=1S/C14H21NO4S/c1-11-6-7-13(14(10-11)20(15,16)17)19-9-3-5-12-4-2-8-18-12/h6-7,10,12H,2-5,8-9H2,1H3,(H2,15,16,17). The zero-order valence-corrected chi connectivity index (χ0v) is 12.5. The second-order valence-corrected chi connectivity index (χ2v) is 6.65. The number of benzene rings is 1. The number of hydrogen-bond acceptors (Lipinski definition) is 4. The Balaban J connectivity index is 1.92. The van der Waals surface area contributed by atoms with Crippen molar-refractivity contribution >= 4 is 10.0 Å². The van der Waals surface area contributed by atoms with Gasteiger partial charge in [-0.25, -0.2) is 13.6 Å². The average Bonchev–Trinajstić information content (AvgIpc) is 2.88. The maximum atomic E-state index is 11.5. The van der Waals surface area contributed by atoms with Crippen LogP contribution in [0.1, 0.15) is 31.2 Å². The van der Waals surface area contributed by atoms with Crippen molar-refractivity contribution in [3.8, 4) is 5.75 Å². The summed E-state index contributed by atoms with van der Waals surface area (Å²) in [6.45, 7) is 3.13. The summed E-state index contributed by atoms with van der Waals surface area (Å²) >= 11 is 0. The molecule has 0 radical (unpaired) electrons. The van der Waals surface area contributed by atoms with Crippen LogP contribution < -0.4 is 9.88 Å². The van der Waals surface area contributed by atoms with Gasteiger partial charge in [0.15, 0.2) is 0 Å². The highest BCUT2D eigenvalue weighted by Gasteiger charge is 2.17. The Morgan fingerprint density at radius 3 is 2.90 bits per heavy atom. The number of hydrogen-bond donors (Lipinski definition) is 1. The van der Waals surface area contributed by atoms with Gasteiger partial charge >= 0.3 is 0 Å². The molecule has 1 aliphatic rings. The first-order valence-electron chi connectivity index (χ1n) is 6.84. The maximum absolute atomic E-state index is 11.5. The number of nitrogens with two attached hydrogens (primary N) is 1. The molecule has 0 amide bonds. The molecule has 6 heteroatoms. The molecule has 1 aliphatic heterocycles. The Hall–Kier alpha value is -1.11. The fourth-order valence-electron chi connectivity index (χ4n) is 2.32. The quantitative estimate of drug-likeness (QED) is 0.815. The summed E-state index contributed by atoms with van der Waals surface area (Å²) in [4.78, 5) is 0.0506. The van der Waals surface area contributed by atoms with Crippen molar-refractivity contribution in [2.75, 3.05) is 13.2 Å². The first-order chi connectivity index (χ1) is 9.47. The van der Waals surface area contributed by atoms with Gasteiger partial charge in [-0.2, -0.15) is 0 Å². The van der Waals surface area contributed by atoms with Gasteiger partial charge in [-0.05, 0) is 50.3 Å². The van der Waals surface area contributed by atoms with Gasteiger partial charge in [0.1, 0.15) is 10.6 Å². The molecule has 0 aromatic heterocycles. The molecule has 1 unspecified atom stereocenters. The van der Waals surface area contributed by atoms with Crippen LogP contribution in [0.2, 0.25) is 0 Å². The van der Waals surface area contributed by atoms with Crippen molar-refractivity contribution in [1.29, 1.82) is 0 Å². The zero-order valence-electron chi connectivity index (χ0n) is 11.7. The number of rotatable bonds is 6. The Labute approximate surface area is 120 Å².